The van der Waals surface area contributed by atoms with Crippen molar-refractivity contribution in [2.75, 3.05) is 6.61 Å². The zero-order valence-corrected chi connectivity index (χ0v) is 12.9. The summed E-state index contributed by atoms with van der Waals surface area (Å²) in [4.78, 5) is 11.4. The van der Waals surface area contributed by atoms with Crippen LogP contribution in [0.3, 0.4) is 0 Å². The van der Waals surface area contributed by atoms with Gasteiger partial charge in [-0.2, -0.15) is 0 Å². The lowest BCUT2D eigenvalue weighted by molar-refractivity contribution is -0.159. The Kier molecular flexibility index (Phi) is 6.14. The van der Waals surface area contributed by atoms with Gasteiger partial charge in [-0.1, -0.05) is 42.5 Å². The molecule has 0 saturated heterocycles. The van der Waals surface area contributed by atoms with Crippen molar-refractivity contribution in [3.63, 3.8) is 0 Å². The second-order valence-electron chi connectivity index (χ2n) is 4.99. The van der Waals surface area contributed by atoms with Crippen molar-refractivity contribution >= 4 is 5.97 Å². The van der Waals surface area contributed by atoms with Crippen LogP contribution < -0.4 is 4.74 Å². The second kappa shape index (κ2) is 8.31. The SMILES string of the molecule is CCOC(=O)[C@@H](O)[C@H](O)c1ccc(OCc2ccccc2)cc1. The first-order valence-corrected chi connectivity index (χ1v) is 7.41. The summed E-state index contributed by atoms with van der Waals surface area (Å²) in [5, 5.41) is 19.7. The fraction of sp³-hybridized carbons (Fsp3) is 0.278. The van der Waals surface area contributed by atoms with Gasteiger partial charge in [-0.15, -0.1) is 0 Å². The average molecular weight is 316 g/mol. The summed E-state index contributed by atoms with van der Waals surface area (Å²) < 4.78 is 10.3. The van der Waals surface area contributed by atoms with Crippen molar-refractivity contribution in [2.24, 2.45) is 0 Å². The van der Waals surface area contributed by atoms with Crippen molar-refractivity contribution < 1.29 is 24.5 Å². The van der Waals surface area contributed by atoms with E-state index in [9.17, 15) is 15.0 Å². The average Bonchev–Trinajstić information content (AvgIpc) is 2.60. The normalized spacial score (nSPS) is 13.2. The lowest BCUT2D eigenvalue weighted by Gasteiger charge is -2.17. The minimum Gasteiger partial charge on any atom is -0.489 e. The molecule has 2 rings (SSSR count). The molecule has 2 aromatic carbocycles. The molecule has 0 fully saturated rings. The molecule has 23 heavy (non-hydrogen) atoms. The smallest absolute Gasteiger partial charge is 0.338 e. The minimum atomic E-state index is -1.61. The number of rotatable bonds is 7. The van der Waals surface area contributed by atoms with Gasteiger partial charge in [0.25, 0.3) is 0 Å². The maximum atomic E-state index is 11.4. The van der Waals surface area contributed by atoms with Crippen molar-refractivity contribution in [3.05, 3.63) is 65.7 Å². The highest BCUT2D eigenvalue weighted by molar-refractivity contribution is 5.75. The van der Waals surface area contributed by atoms with Crippen LogP contribution in [0, 0.1) is 0 Å². The molecule has 0 saturated carbocycles. The third-order valence-electron chi connectivity index (χ3n) is 3.30. The monoisotopic (exact) mass is 316 g/mol. The standard InChI is InChI=1S/C18H20O5/c1-2-22-18(21)17(20)16(19)14-8-10-15(11-9-14)23-12-13-6-4-3-5-7-13/h3-11,16-17,19-20H,2,12H2,1H3/t16-,17+/m1/s1. The van der Waals surface area contributed by atoms with E-state index in [1.165, 1.54) is 0 Å². The maximum Gasteiger partial charge on any atom is 0.338 e. The molecule has 0 heterocycles. The Hall–Kier alpha value is -2.37. The van der Waals surface area contributed by atoms with Gasteiger partial charge in [0.15, 0.2) is 6.10 Å². The van der Waals surface area contributed by atoms with Crippen LogP contribution in [-0.4, -0.2) is 28.9 Å². The van der Waals surface area contributed by atoms with E-state index in [1.807, 2.05) is 30.3 Å². The second-order valence-corrected chi connectivity index (χ2v) is 4.99. The van der Waals surface area contributed by atoms with Gasteiger partial charge in [-0.25, -0.2) is 4.79 Å². The summed E-state index contributed by atoms with van der Waals surface area (Å²) in [7, 11) is 0. The summed E-state index contributed by atoms with van der Waals surface area (Å²) in [5.74, 6) is -0.208. The van der Waals surface area contributed by atoms with Crippen LogP contribution in [0.5, 0.6) is 5.75 Å². The summed E-state index contributed by atoms with van der Waals surface area (Å²) in [6.07, 6.45) is -2.94. The molecule has 5 nitrogen and oxygen atoms in total. The molecule has 5 heteroatoms. The molecule has 0 aliphatic carbocycles. The van der Waals surface area contributed by atoms with E-state index in [0.717, 1.165) is 5.56 Å². The lowest BCUT2D eigenvalue weighted by Crippen LogP contribution is -2.29. The highest BCUT2D eigenvalue weighted by Crippen LogP contribution is 2.21. The number of carbonyl (C=O) groups excluding carboxylic acids is 1. The van der Waals surface area contributed by atoms with Crippen LogP contribution >= 0.6 is 0 Å². The Morgan fingerprint density at radius 3 is 2.30 bits per heavy atom. The predicted molar refractivity (Wildman–Crippen MR) is 84.8 cm³/mol. The predicted octanol–water partition coefficient (Wildman–Crippen LogP) is 2.22. The van der Waals surface area contributed by atoms with Crippen molar-refractivity contribution in [2.45, 2.75) is 25.7 Å². The lowest BCUT2D eigenvalue weighted by atomic mass is 10.0. The number of hydrogen-bond donors (Lipinski definition) is 2. The van der Waals surface area contributed by atoms with Gasteiger partial charge in [0.05, 0.1) is 6.61 Å². The molecule has 2 N–H and O–H groups in total. The van der Waals surface area contributed by atoms with E-state index in [-0.39, 0.29) is 6.61 Å². The molecule has 122 valence electrons. The Morgan fingerprint density at radius 2 is 1.70 bits per heavy atom. The molecule has 2 atom stereocenters. The van der Waals surface area contributed by atoms with Gasteiger partial charge in [0, 0.05) is 0 Å². The quantitative estimate of drug-likeness (QED) is 0.766. The van der Waals surface area contributed by atoms with Gasteiger partial charge < -0.3 is 19.7 Å². The first-order chi connectivity index (χ1) is 11.1. The number of aliphatic hydroxyl groups is 2. The molecule has 0 unspecified atom stereocenters. The molecule has 0 amide bonds. The highest BCUT2D eigenvalue weighted by Gasteiger charge is 2.26. The highest BCUT2D eigenvalue weighted by atomic mass is 16.5. The third kappa shape index (κ3) is 4.81. The first kappa shape index (κ1) is 17.0. The fourth-order valence-corrected chi connectivity index (χ4v) is 2.04. The van der Waals surface area contributed by atoms with Crippen molar-refractivity contribution in [1.82, 2.24) is 0 Å². The van der Waals surface area contributed by atoms with E-state index < -0.39 is 18.2 Å². The third-order valence-corrected chi connectivity index (χ3v) is 3.30. The van der Waals surface area contributed by atoms with E-state index in [0.29, 0.717) is 17.9 Å². The van der Waals surface area contributed by atoms with E-state index in [4.69, 9.17) is 4.74 Å². The molecule has 0 aliphatic heterocycles. The van der Waals surface area contributed by atoms with Gasteiger partial charge in [-0.05, 0) is 30.2 Å². The first-order valence-electron chi connectivity index (χ1n) is 7.41. The molecular weight excluding hydrogens is 296 g/mol. The summed E-state index contributed by atoms with van der Waals surface area (Å²) in [5.41, 5.74) is 1.46. The van der Waals surface area contributed by atoms with Crippen LogP contribution in [-0.2, 0) is 16.1 Å². The molecule has 0 radical (unpaired) electrons. The molecular formula is C18H20O5. The fourth-order valence-electron chi connectivity index (χ4n) is 2.04. The van der Waals surface area contributed by atoms with Gasteiger partial charge in [0.2, 0.25) is 0 Å². The van der Waals surface area contributed by atoms with Gasteiger partial charge >= 0.3 is 5.97 Å². The Balaban J connectivity index is 1.94. The molecule has 0 spiro atoms. The van der Waals surface area contributed by atoms with Crippen LogP contribution in [0.4, 0.5) is 0 Å². The largest absolute Gasteiger partial charge is 0.489 e. The van der Waals surface area contributed by atoms with Crippen LogP contribution in [0.1, 0.15) is 24.2 Å². The van der Waals surface area contributed by atoms with Crippen LogP contribution in [0.25, 0.3) is 0 Å². The Bertz CT molecular complexity index is 609. The number of benzene rings is 2. The minimum absolute atomic E-state index is 0.148. The zero-order chi connectivity index (χ0) is 16.7. The van der Waals surface area contributed by atoms with Gasteiger partial charge in [-0.3, -0.25) is 0 Å². The number of carbonyl (C=O) groups is 1. The molecule has 0 aromatic heterocycles. The Morgan fingerprint density at radius 1 is 1.04 bits per heavy atom. The summed E-state index contributed by atoms with van der Waals surface area (Å²) >= 11 is 0. The van der Waals surface area contributed by atoms with Gasteiger partial charge in [0.1, 0.15) is 18.5 Å². The van der Waals surface area contributed by atoms with Crippen molar-refractivity contribution in [1.29, 1.82) is 0 Å². The number of hydrogen-bond acceptors (Lipinski definition) is 5. The number of ether oxygens (including phenoxy) is 2. The number of aliphatic hydroxyl groups excluding tert-OH is 2. The number of esters is 1. The van der Waals surface area contributed by atoms with E-state index >= 15 is 0 Å². The molecule has 2 aromatic rings. The van der Waals surface area contributed by atoms with Crippen LogP contribution in [0.2, 0.25) is 0 Å². The molecule has 0 aliphatic rings. The summed E-state index contributed by atoms with van der Waals surface area (Å²) in [6, 6.07) is 16.3. The topological polar surface area (TPSA) is 76.0 Å². The Labute approximate surface area is 135 Å². The zero-order valence-electron chi connectivity index (χ0n) is 12.9. The maximum absolute atomic E-state index is 11.4. The summed E-state index contributed by atoms with van der Waals surface area (Å²) in [6.45, 7) is 2.22. The van der Waals surface area contributed by atoms with Crippen molar-refractivity contribution in [3.8, 4) is 5.75 Å². The molecule has 0 bridgehead atoms. The van der Waals surface area contributed by atoms with E-state index in [2.05, 4.69) is 4.74 Å². The van der Waals surface area contributed by atoms with E-state index in [1.54, 1.807) is 31.2 Å². The van der Waals surface area contributed by atoms with Crippen LogP contribution in [0.15, 0.2) is 54.6 Å².